The van der Waals surface area contributed by atoms with Gasteiger partial charge in [0.15, 0.2) is 0 Å². The predicted molar refractivity (Wildman–Crippen MR) is 71.2 cm³/mol. The largest absolute Gasteiger partial charge is 0.377 e. The summed E-state index contributed by atoms with van der Waals surface area (Å²) >= 11 is 0. The third kappa shape index (κ3) is 3.21. The van der Waals surface area contributed by atoms with Crippen LogP contribution in [0.1, 0.15) is 46.5 Å². The van der Waals surface area contributed by atoms with Crippen LogP contribution in [-0.4, -0.2) is 37.4 Å². The zero-order valence-corrected chi connectivity index (χ0v) is 11.6. The Morgan fingerprint density at radius 1 is 1.47 bits per heavy atom. The molecule has 3 heteroatoms. The average Bonchev–Trinajstić information content (AvgIpc) is 2.68. The maximum Gasteiger partial charge on any atom is 0.0726 e. The Hall–Kier alpha value is -0.120. The van der Waals surface area contributed by atoms with Gasteiger partial charge in [-0.2, -0.15) is 0 Å². The maximum atomic E-state index is 5.67. The molecule has 3 nitrogen and oxygen atoms in total. The van der Waals surface area contributed by atoms with E-state index in [0.717, 1.165) is 25.5 Å². The lowest BCUT2D eigenvalue weighted by Gasteiger charge is -2.35. The molecule has 4 atom stereocenters. The molecule has 0 bridgehead atoms. The molecule has 0 aliphatic carbocycles. The van der Waals surface area contributed by atoms with Gasteiger partial charge < -0.3 is 15.4 Å². The fourth-order valence-electron chi connectivity index (χ4n) is 3.04. The van der Waals surface area contributed by atoms with Crippen LogP contribution in [0.2, 0.25) is 0 Å². The second-order valence-corrected chi connectivity index (χ2v) is 6.01. The van der Waals surface area contributed by atoms with Gasteiger partial charge in [-0.3, -0.25) is 0 Å². The van der Waals surface area contributed by atoms with Crippen molar-refractivity contribution >= 4 is 0 Å². The van der Waals surface area contributed by atoms with Crippen LogP contribution in [0.15, 0.2) is 0 Å². The first-order valence-electron chi connectivity index (χ1n) is 7.24. The fourth-order valence-corrected chi connectivity index (χ4v) is 3.04. The second-order valence-electron chi connectivity index (χ2n) is 6.01. The van der Waals surface area contributed by atoms with Gasteiger partial charge in [0.1, 0.15) is 0 Å². The lowest BCUT2D eigenvalue weighted by molar-refractivity contribution is 0.0868. The molecule has 0 saturated carbocycles. The van der Waals surface area contributed by atoms with Crippen molar-refractivity contribution in [1.82, 2.24) is 10.6 Å². The zero-order chi connectivity index (χ0) is 12.3. The van der Waals surface area contributed by atoms with Crippen LogP contribution in [-0.2, 0) is 4.74 Å². The molecule has 0 aromatic carbocycles. The fraction of sp³-hybridized carbons (Fsp3) is 1.00. The summed E-state index contributed by atoms with van der Waals surface area (Å²) in [7, 11) is 0. The minimum Gasteiger partial charge on any atom is -0.377 e. The molecule has 2 fully saturated rings. The lowest BCUT2D eigenvalue weighted by Crippen LogP contribution is -2.54. The van der Waals surface area contributed by atoms with Gasteiger partial charge in [0.2, 0.25) is 0 Å². The molecule has 0 radical (unpaired) electrons. The Labute approximate surface area is 106 Å². The number of hydrogen-bond donors (Lipinski definition) is 2. The number of piperidine rings is 1. The van der Waals surface area contributed by atoms with Gasteiger partial charge >= 0.3 is 0 Å². The average molecular weight is 240 g/mol. The summed E-state index contributed by atoms with van der Waals surface area (Å²) in [4.78, 5) is 0. The summed E-state index contributed by atoms with van der Waals surface area (Å²) in [6.07, 6.45) is 5.49. The Kier molecular flexibility index (Phi) is 4.45. The summed E-state index contributed by atoms with van der Waals surface area (Å²) in [5.41, 5.74) is 0.181. The maximum absolute atomic E-state index is 5.67. The van der Waals surface area contributed by atoms with Crippen molar-refractivity contribution in [2.75, 3.05) is 19.7 Å². The number of hydrogen-bond acceptors (Lipinski definition) is 3. The summed E-state index contributed by atoms with van der Waals surface area (Å²) in [5, 5.41) is 7.37. The van der Waals surface area contributed by atoms with Crippen molar-refractivity contribution in [2.45, 2.75) is 64.1 Å². The standard InChI is InChI=1S/C14H28N2O/c1-4-12-5-7-15-13(9-12)10-16-14(3)6-8-17-11(14)2/h11-13,15-16H,4-10H2,1-3H3. The SMILES string of the molecule is CCC1CCNC(CNC2(C)CCOC2C)C1. The first-order valence-corrected chi connectivity index (χ1v) is 7.24. The van der Waals surface area contributed by atoms with Crippen molar-refractivity contribution in [1.29, 1.82) is 0 Å². The molecule has 2 rings (SSSR count). The van der Waals surface area contributed by atoms with E-state index in [1.165, 1.54) is 25.8 Å². The highest BCUT2D eigenvalue weighted by atomic mass is 16.5. The minimum absolute atomic E-state index is 0.181. The molecule has 17 heavy (non-hydrogen) atoms. The molecule has 4 unspecified atom stereocenters. The van der Waals surface area contributed by atoms with Crippen molar-refractivity contribution in [2.24, 2.45) is 5.92 Å². The molecule has 0 aromatic rings. The van der Waals surface area contributed by atoms with E-state index in [0.29, 0.717) is 12.1 Å². The molecule has 0 amide bonds. The molecule has 2 saturated heterocycles. The third-order valence-electron chi connectivity index (χ3n) is 4.82. The van der Waals surface area contributed by atoms with Gasteiger partial charge in [0, 0.05) is 24.7 Å². The Morgan fingerprint density at radius 3 is 2.94 bits per heavy atom. The van der Waals surface area contributed by atoms with Gasteiger partial charge in [0.25, 0.3) is 0 Å². The lowest BCUT2D eigenvalue weighted by atomic mass is 9.89. The number of ether oxygens (including phenoxy) is 1. The van der Waals surface area contributed by atoms with Gasteiger partial charge in [-0.05, 0) is 45.6 Å². The smallest absolute Gasteiger partial charge is 0.0726 e. The van der Waals surface area contributed by atoms with E-state index in [1.54, 1.807) is 0 Å². The first kappa shape index (κ1) is 13.3. The van der Waals surface area contributed by atoms with Crippen LogP contribution in [0.3, 0.4) is 0 Å². The van der Waals surface area contributed by atoms with Crippen LogP contribution in [0.25, 0.3) is 0 Å². The van der Waals surface area contributed by atoms with Crippen LogP contribution >= 0.6 is 0 Å². The first-order chi connectivity index (χ1) is 8.14. The van der Waals surface area contributed by atoms with E-state index in [4.69, 9.17) is 4.74 Å². The second kappa shape index (κ2) is 5.68. The highest BCUT2D eigenvalue weighted by Crippen LogP contribution is 2.25. The molecule has 0 aromatic heterocycles. The van der Waals surface area contributed by atoms with Crippen LogP contribution in [0.4, 0.5) is 0 Å². The van der Waals surface area contributed by atoms with Gasteiger partial charge in [0.05, 0.1) is 6.10 Å². The van der Waals surface area contributed by atoms with Crippen molar-refractivity contribution in [3.8, 4) is 0 Å². The number of rotatable bonds is 4. The topological polar surface area (TPSA) is 33.3 Å². The van der Waals surface area contributed by atoms with E-state index >= 15 is 0 Å². The summed E-state index contributed by atoms with van der Waals surface area (Å²) in [6.45, 7) is 9.97. The molecule has 0 spiro atoms. The summed E-state index contributed by atoms with van der Waals surface area (Å²) in [6, 6.07) is 0.651. The normalized spacial score (nSPS) is 42.9. The third-order valence-corrected chi connectivity index (χ3v) is 4.82. The Morgan fingerprint density at radius 2 is 2.29 bits per heavy atom. The molecule has 2 aliphatic heterocycles. The zero-order valence-electron chi connectivity index (χ0n) is 11.6. The summed E-state index contributed by atoms with van der Waals surface area (Å²) in [5.74, 6) is 0.924. The van der Waals surface area contributed by atoms with E-state index in [9.17, 15) is 0 Å². The highest BCUT2D eigenvalue weighted by molar-refractivity contribution is 4.95. The molecular formula is C14H28N2O. The van der Waals surface area contributed by atoms with Crippen molar-refractivity contribution in [3.05, 3.63) is 0 Å². The van der Waals surface area contributed by atoms with E-state index < -0.39 is 0 Å². The van der Waals surface area contributed by atoms with Crippen molar-refractivity contribution in [3.63, 3.8) is 0 Å². The predicted octanol–water partition coefficient (Wildman–Crippen LogP) is 1.92. The van der Waals surface area contributed by atoms with E-state index in [1.807, 2.05) is 0 Å². The summed E-state index contributed by atoms with van der Waals surface area (Å²) < 4.78 is 5.67. The molecule has 100 valence electrons. The van der Waals surface area contributed by atoms with Gasteiger partial charge in [-0.15, -0.1) is 0 Å². The molecular weight excluding hydrogens is 212 g/mol. The monoisotopic (exact) mass is 240 g/mol. The molecule has 2 heterocycles. The van der Waals surface area contributed by atoms with Crippen molar-refractivity contribution < 1.29 is 4.74 Å². The Balaban J connectivity index is 1.77. The quantitative estimate of drug-likeness (QED) is 0.787. The van der Waals surface area contributed by atoms with E-state index in [2.05, 4.69) is 31.4 Å². The number of nitrogens with one attached hydrogen (secondary N) is 2. The Bertz CT molecular complexity index is 246. The minimum atomic E-state index is 0.181. The van der Waals surface area contributed by atoms with E-state index in [-0.39, 0.29) is 5.54 Å². The van der Waals surface area contributed by atoms with Crippen LogP contribution in [0, 0.1) is 5.92 Å². The van der Waals surface area contributed by atoms with Gasteiger partial charge in [-0.1, -0.05) is 13.3 Å². The van der Waals surface area contributed by atoms with Gasteiger partial charge in [-0.25, -0.2) is 0 Å². The van der Waals surface area contributed by atoms with Crippen LogP contribution < -0.4 is 10.6 Å². The molecule has 2 aliphatic rings. The van der Waals surface area contributed by atoms with Crippen LogP contribution in [0.5, 0.6) is 0 Å². The molecule has 2 N–H and O–H groups in total. The highest BCUT2D eigenvalue weighted by Gasteiger charge is 2.37.